The molecule has 0 amide bonds. The topological polar surface area (TPSA) is 73.3 Å². The number of aromatic nitrogens is 2. The predicted molar refractivity (Wildman–Crippen MR) is 78.1 cm³/mol. The van der Waals surface area contributed by atoms with Crippen molar-refractivity contribution in [3.8, 4) is 0 Å². The van der Waals surface area contributed by atoms with Gasteiger partial charge in [-0.1, -0.05) is 20.8 Å². The molecule has 0 aliphatic heterocycles. The van der Waals surface area contributed by atoms with Crippen LogP contribution in [0.5, 0.6) is 0 Å². The molecule has 0 bridgehead atoms. The lowest BCUT2D eigenvalue weighted by Crippen LogP contribution is -2.37. The third-order valence-corrected chi connectivity index (χ3v) is 10.9. The standard InChI is InChI=1S/C11H23FN4OSSi/c1-7-16-8-9(12)10(14-16)18(13,17)15-19(5,6)11(2,3)4/h8H,7H2,1-6H3,(H2,13,15,17). The van der Waals surface area contributed by atoms with E-state index in [-0.39, 0.29) is 10.1 Å². The van der Waals surface area contributed by atoms with Gasteiger partial charge in [0.1, 0.15) is 9.92 Å². The zero-order valence-corrected chi connectivity index (χ0v) is 14.2. The lowest BCUT2D eigenvalue weighted by molar-refractivity contribution is 0.591. The fraction of sp³-hybridized carbons (Fsp3) is 0.727. The number of halogens is 1. The van der Waals surface area contributed by atoms with Gasteiger partial charge in [-0.15, -0.1) is 0 Å². The van der Waals surface area contributed by atoms with Crippen LogP contribution in [0.4, 0.5) is 4.39 Å². The summed E-state index contributed by atoms with van der Waals surface area (Å²) in [6.45, 7) is 12.3. The molecule has 0 saturated carbocycles. The molecular weight excluding hydrogens is 283 g/mol. The molecule has 0 aliphatic carbocycles. The van der Waals surface area contributed by atoms with Crippen molar-refractivity contribution in [1.29, 1.82) is 0 Å². The number of hydrogen-bond acceptors (Lipinski definition) is 3. The van der Waals surface area contributed by atoms with Crippen molar-refractivity contribution in [3.05, 3.63) is 12.0 Å². The summed E-state index contributed by atoms with van der Waals surface area (Å²) in [7, 11) is -5.53. The number of nitrogens with zero attached hydrogens (tertiary/aromatic N) is 3. The summed E-state index contributed by atoms with van der Waals surface area (Å²) in [6, 6.07) is 0. The van der Waals surface area contributed by atoms with Crippen molar-refractivity contribution in [1.82, 2.24) is 9.78 Å². The number of hydrogen-bond donors (Lipinski definition) is 1. The van der Waals surface area contributed by atoms with E-state index in [9.17, 15) is 8.60 Å². The van der Waals surface area contributed by atoms with E-state index in [0.29, 0.717) is 6.54 Å². The monoisotopic (exact) mass is 306 g/mol. The fourth-order valence-electron chi connectivity index (χ4n) is 1.26. The predicted octanol–water partition coefficient (Wildman–Crippen LogP) is 2.75. The molecule has 0 spiro atoms. The average molecular weight is 306 g/mol. The van der Waals surface area contributed by atoms with Crippen LogP contribution < -0.4 is 5.14 Å². The molecule has 110 valence electrons. The SMILES string of the molecule is CCn1cc(F)c(S(N)(=O)=N[Si](C)(C)C(C)(C)C)n1. The van der Waals surface area contributed by atoms with Crippen molar-refractivity contribution in [2.75, 3.05) is 0 Å². The molecule has 1 aromatic heterocycles. The number of aryl methyl sites for hydroxylation is 1. The van der Waals surface area contributed by atoms with Gasteiger partial charge in [0.25, 0.3) is 0 Å². The van der Waals surface area contributed by atoms with Crippen molar-refractivity contribution < 1.29 is 8.60 Å². The molecule has 0 radical (unpaired) electrons. The minimum absolute atomic E-state index is 0.112. The maximum Gasteiger partial charge on any atom is 0.206 e. The molecule has 0 fully saturated rings. The fourth-order valence-corrected chi connectivity index (χ4v) is 5.97. The van der Waals surface area contributed by atoms with Crippen LogP contribution in [0.15, 0.2) is 15.3 Å². The van der Waals surface area contributed by atoms with Gasteiger partial charge in [0.2, 0.25) is 5.03 Å². The molecule has 8 heteroatoms. The second-order valence-electron chi connectivity index (χ2n) is 6.11. The van der Waals surface area contributed by atoms with Gasteiger partial charge in [-0.3, -0.25) is 8.71 Å². The number of nitrogens with two attached hydrogens (primary N) is 1. The summed E-state index contributed by atoms with van der Waals surface area (Å²) in [5.41, 5.74) is 0. The Labute approximate surface area is 115 Å². The van der Waals surface area contributed by atoms with E-state index in [2.05, 4.69) is 9.13 Å². The number of rotatable bonds is 3. The van der Waals surface area contributed by atoms with Gasteiger partial charge in [0, 0.05) is 6.54 Å². The first-order valence-electron chi connectivity index (χ1n) is 6.20. The summed E-state index contributed by atoms with van der Waals surface area (Å²) >= 11 is 0. The van der Waals surface area contributed by atoms with Crippen molar-refractivity contribution in [3.63, 3.8) is 0 Å². The Morgan fingerprint density at radius 3 is 2.42 bits per heavy atom. The average Bonchev–Trinajstić information content (AvgIpc) is 2.57. The normalized spacial score (nSPS) is 16.2. The highest BCUT2D eigenvalue weighted by Crippen LogP contribution is 2.37. The Hall–Kier alpha value is -0.733. The maximum atomic E-state index is 13.8. The molecule has 1 heterocycles. The van der Waals surface area contributed by atoms with Gasteiger partial charge in [-0.05, 0) is 25.1 Å². The Balaban J connectivity index is 3.38. The highest BCUT2D eigenvalue weighted by molar-refractivity contribution is 7.92. The zero-order chi connectivity index (χ0) is 15.1. The summed E-state index contributed by atoms with van der Waals surface area (Å²) in [4.78, 5) is 0. The molecule has 1 atom stereocenters. The smallest absolute Gasteiger partial charge is 0.206 e. The molecule has 1 rings (SSSR count). The van der Waals surface area contributed by atoms with Crippen LogP contribution in [0.25, 0.3) is 0 Å². The molecular formula is C11H23FN4OSSi. The first kappa shape index (κ1) is 16.3. The first-order chi connectivity index (χ1) is 8.40. The lowest BCUT2D eigenvalue weighted by atomic mass is 10.2. The Morgan fingerprint density at radius 2 is 2.05 bits per heavy atom. The summed E-state index contributed by atoms with van der Waals surface area (Å²) in [5.74, 6) is -0.656. The van der Waals surface area contributed by atoms with Gasteiger partial charge in [0.15, 0.2) is 14.1 Å². The highest BCUT2D eigenvalue weighted by atomic mass is 32.2. The molecule has 1 unspecified atom stereocenters. The van der Waals surface area contributed by atoms with Crippen LogP contribution in [-0.4, -0.2) is 22.2 Å². The van der Waals surface area contributed by atoms with E-state index in [0.717, 1.165) is 0 Å². The van der Waals surface area contributed by atoms with Crippen LogP contribution in [0.1, 0.15) is 27.7 Å². The Morgan fingerprint density at radius 1 is 1.53 bits per heavy atom. The van der Waals surface area contributed by atoms with Gasteiger partial charge in [-0.25, -0.2) is 13.7 Å². The quantitative estimate of drug-likeness (QED) is 0.872. The zero-order valence-electron chi connectivity index (χ0n) is 12.4. The molecule has 5 nitrogen and oxygen atoms in total. The van der Waals surface area contributed by atoms with Gasteiger partial charge in [-0.2, -0.15) is 5.10 Å². The van der Waals surface area contributed by atoms with Gasteiger partial charge >= 0.3 is 0 Å². The lowest BCUT2D eigenvalue weighted by Gasteiger charge is -2.32. The van der Waals surface area contributed by atoms with E-state index in [4.69, 9.17) is 5.14 Å². The van der Waals surface area contributed by atoms with E-state index < -0.39 is 24.0 Å². The van der Waals surface area contributed by atoms with Crippen LogP contribution in [0.2, 0.25) is 18.1 Å². The minimum atomic E-state index is -3.29. The Kier molecular flexibility index (Phi) is 4.28. The van der Waals surface area contributed by atoms with Crippen molar-refractivity contribution >= 4 is 18.2 Å². The van der Waals surface area contributed by atoms with Gasteiger partial charge in [0.05, 0.1) is 6.20 Å². The highest BCUT2D eigenvalue weighted by Gasteiger charge is 2.38. The van der Waals surface area contributed by atoms with Crippen LogP contribution in [0, 0.1) is 5.82 Å². The maximum absolute atomic E-state index is 13.8. The van der Waals surface area contributed by atoms with Crippen LogP contribution in [0.3, 0.4) is 0 Å². The Bertz CT molecular complexity index is 582. The van der Waals surface area contributed by atoms with Crippen LogP contribution in [-0.2, 0) is 16.5 Å². The van der Waals surface area contributed by atoms with E-state index in [1.165, 1.54) is 10.9 Å². The van der Waals surface area contributed by atoms with Crippen LogP contribution >= 0.6 is 0 Å². The first-order valence-corrected chi connectivity index (χ1v) is 10.7. The van der Waals surface area contributed by atoms with E-state index in [1.807, 2.05) is 40.8 Å². The minimum Gasteiger partial charge on any atom is -0.269 e. The summed E-state index contributed by atoms with van der Waals surface area (Å²) < 4.78 is 32.0. The molecule has 0 saturated heterocycles. The van der Waals surface area contributed by atoms with Crippen molar-refractivity contribution in [2.45, 2.75) is 57.4 Å². The summed E-state index contributed by atoms with van der Waals surface area (Å²) in [6.07, 6.45) is 1.20. The van der Waals surface area contributed by atoms with Gasteiger partial charge < -0.3 is 0 Å². The van der Waals surface area contributed by atoms with E-state index in [1.54, 1.807) is 0 Å². The second-order valence-corrected chi connectivity index (χ2v) is 13.0. The van der Waals surface area contributed by atoms with Crippen molar-refractivity contribution in [2.24, 2.45) is 9.17 Å². The van der Waals surface area contributed by atoms with E-state index >= 15 is 0 Å². The largest absolute Gasteiger partial charge is 0.269 e. The third kappa shape index (κ3) is 3.43. The second kappa shape index (κ2) is 4.99. The molecule has 2 N–H and O–H groups in total. The molecule has 19 heavy (non-hydrogen) atoms. The molecule has 1 aromatic rings. The molecule has 0 aromatic carbocycles. The summed E-state index contributed by atoms with van der Waals surface area (Å²) in [5, 5.41) is 9.36. The third-order valence-electron chi connectivity index (χ3n) is 3.49. The molecule has 0 aliphatic rings.